The van der Waals surface area contributed by atoms with Crippen molar-refractivity contribution < 1.29 is 14.4 Å². The summed E-state index contributed by atoms with van der Waals surface area (Å²) in [4.78, 5) is 37.3. The average molecular weight is 473 g/mol. The van der Waals surface area contributed by atoms with E-state index in [1.165, 1.54) is 0 Å². The Morgan fingerprint density at radius 2 is 1.46 bits per heavy atom. The number of benzene rings is 3. The van der Waals surface area contributed by atoms with Crippen LogP contribution in [-0.2, 0) is 4.79 Å². The van der Waals surface area contributed by atoms with Crippen LogP contribution >= 0.6 is 0 Å². The lowest BCUT2D eigenvalue weighted by Gasteiger charge is -2.20. The number of carbonyl (C=O) groups is 3. The Balaban J connectivity index is 1.50. The average Bonchev–Trinajstić information content (AvgIpc) is 2.82. The highest BCUT2D eigenvalue weighted by Gasteiger charge is 2.16. The van der Waals surface area contributed by atoms with Crippen LogP contribution in [0.2, 0.25) is 0 Å². The van der Waals surface area contributed by atoms with E-state index in [-0.39, 0.29) is 35.8 Å². The highest BCUT2D eigenvalue weighted by molar-refractivity contribution is 5.98. The van der Waals surface area contributed by atoms with Crippen LogP contribution < -0.4 is 21.3 Å². The molecule has 0 saturated heterocycles. The molecule has 0 saturated carbocycles. The van der Waals surface area contributed by atoms with Gasteiger partial charge < -0.3 is 21.3 Å². The summed E-state index contributed by atoms with van der Waals surface area (Å²) < 4.78 is 0. The summed E-state index contributed by atoms with van der Waals surface area (Å²) in [6, 6.07) is 23.4. The summed E-state index contributed by atoms with van der Waals surface area (Å²) in [5, 5.41) is 11.7. The van der Waals surface area contributed by atoms with Crippen LogP contribution in [0.25, 0.3) is 0 Å². The van der Waals surface area contributed by atoms with Gasteiger partial charge in [-0.25, -0.2) is 0 Å². The second-order valence-electron chi connectivity index (χ2n) is 9.37. The minimum Gasteiger partial charge on any atom is -0.376 e. The van der Waals surface area contributed by atoms with Crippen molar-refractivity contribution in [1.29, 1.82) is 0 Å². The first-order valence-electron chi connectivity index (χ1n) is 11.5. The molecule has 0 aliphatic rings. The van der Waals surface area contributed by atoms with E-state index >= 15 is 0 Å². The molecule has 0 aromatic heterocycles. The monoisotopic (exact) mass is 472 g/mol. The van der Waals surface area contributed by atoms with E-state index in [0.717, 1.165) is 5.56 Å². The topological polar surface area (TPSA) is 99.3 Å². The van der Waals surface area contributed by atoms with Gasteiger partial charge in [0, 0.05) is 28.0 Å². The molecule has 7 heteroatoms. The third-order valence-electron chi connectivity index (χ3n) is 5.14. The van der Waals surface area contributed by atoms with Gasteiger partial charge in [0.1, 0.15) is 0 Å². The zero-order valence-corrected chi connectivity index (χ0v) is 20.5. The molecule has 182 valence electrons. The summed E-state index contributed by atoms with van der Waals surface area (Å²) in [5.74, 6) is -0.619. The summed E-state index contributed by atoms with van der Waals surface area (Å²) in [6.45, 7) is 7.70. The van der Waals surface area contributed by atoms with E-state index in [1.54, 1.807) is 48.5 Å². The van der Waals surface area contributed by atoms with Crippen LogP contribution in [0, 0.1) is 0 Å². The Bertz CT molecular complexity index is 1170. The van der Waals surface area contributed by atoms with Crippen molar-refractivity contribution in [1.82, 2.24) is 10.6 Å². The SMILES string of the molecule is CC(NC(=O)c1ccc(NCC(=O)Nc2cccc(C(=O)NC(C)(C)C)c2)cc1)c1ccccc1. The van der Waals surface area contributed by atoms with Crippen LogP contribution in [-0.4, -0.2) is 29.8 Å². The van der Waals surface area contributed by atoms with E-state index in [0.29, 0.717) is 22.5 Å². The van der Waals surface area contributed by atoms with E-state index < -0.39 is 0 Å². The summed E-state index contributed by atoms with van der Waals surface area (Å²) in [6.07, 6.45) is 0. The number of hydrogen-bond acceptors (Lipinski definition) is 4. The van der Waals surface area contributed by atoms with E-state index in [2.05, 4.69) is 21.3 Å². The molecule has 7 nitrogen and oxygen atoms in total. The zero-order chi connectivity index (χ0) is 25.4. The Morgan fingerprint density at radius 1 is 0.771 bits per heavy atom. The molecular formula is C28H32N4O3. The van der Waals surface area contributed by atoms with Gasteiger partial charge >= 0.3 is 0 Å². The van der Waals surface area contributed by atoms with Crippen molar-refractivity contribution >= 4 is 29.1 Å². The molecule has 1 unspecified atom stereocenters. The maximum atomic E-state index is 12.5. The molecule has 0 aliphatic carbocycles. The van der Waals surface area contributed by atoms with Crippen LogP contribution in [0.15, 0.2) is 78.9 Å². The first-order valence-corrected chi connectivity index (χ1v) is 11.5. The fraction of sp³-hybridized carbons (Fsp3) is 0.250. The molecule has 0 spiro atoms. The number of nitrogens with one attached hydrogen (secondary N) is 4. The molecular weight excluding hydrogens is 440 g/mol. The molecule has 35 heavy (non-hydrogen) atoms. The number of hydrogen-bond donors (Lipinski definition) is 4. The fourth-order valence-corrected chi connectivity index (χ4v) is 3.38. The van der Waals surface area contributed by atoms with E-state index in [1.807, 2.05) is 58.0 Å². The van der Waals surface area contributed by atoms with Gasteiger partial charge in [-0.05, 0) is 75.7 Å². The second kappa shape index (κ2) is 11.3. The van der Waals surface area contributed by atoms with Gasteiger partial charge in [0.25, 0.3) is 11.8 Å². The maximum absolute atomic E-state index is 12.5. The van der Waals surface area contributed by atoms with Gasteiger partial charge in [0.15, 0.2) is 0 Å². The van der Waals surface area contributed by atoms with E-state index in [9.17, 15) is 14.4 Å². The molecule has 3 aromatic rings. The van der Waals surface area contributed by atoms with Crippen molar-refractivity contribution in [3.8, 4) is 0 Å². The highest BCUT2D eigenvalue weighted by Crippen LogP contribution is 2.15. The Kier molecular flexibility index (Phi) is 8.25. The standard InChI is InChI=1S/C28H32N4O3/c1-19(20-9-6-5-7-10-20)30-26(34)21-13-15-23(16-14-21)29-18-25(33)31-24-12-8-11-22(17-24)27(35)32-28(2,3)4/h5-17,19,29H,18H2,1-4H3,(H,30,34)(H,31,33)(H,32,35). The molecule has 4 N–H and O–H groups in total. The predicted octanol–water partition coefficient (Wildman–Crippen LogP) is 4.76. The van der Waals surface area contributed by atoms with Crippen molar-refractivity contribution in [3.05, 3.63) is 95.6 Å². The predicted molar refractivity (Wildman–Crippen MR) is 140 cm³/mol. The van der Waals surface area contributed by atoms with Crippen molar-refractivity contribution in [3.63, 3.8) is 0 Å². The van der Waals surface area contributed by atoms with Crippen LogP contribution in [0.4, 0.5) is 11.4 Å². The van der Waals surface area contributed by atoms with Crippen LogP contribution in [0.1, 0.15) is 60.0 Å². The van der Waals surface area contributed by atoms with Crippen molar-refractivity contribution in [2.75, 3.05) is 17.2 Å². The summed E-state index contributed by atoms with van der Waals surface area (Å²) in [7, 11) is 0. The maximum Gasteiger partial charge on any atom is 0.251 e. The summed E-state index contributed by atoms with van der Waals surface area (Å²) >= 11 is 0. The number of amides is 3. The first kappa shape index (κ1) is 25.5. The quantitative estimate of drug-likeness (QED) is 0.380. The molecule has 0 fully saturated rings. The first-order chi connectivity index (χ1) is 16.6. The fourth-order valence-electron chi connectivity index (χ4n) is 3.38. The third kappa shape index (κ3) is 7.99. The number of rotatable bonds is 8. The molecule has 1 atom stereocenters. The number of anilines is 2. The molecule has 0 heterocycles. The lowest BCUT2D eigenvalue weighted by Crippen LogP contribution is -2.40. The normalized spacial score (nSPS) is 11.8. The van der Waals surface area contributed by atoms with Gasteiger partial charge in [0.2, 0.25) is 5.91 Å². The lowest BCUT2D eigenvalue weighted by molar-refractivity contribution is -0.114. The van der Waals surface area contributed by atoms with Gasteiger partial charge in [0.05, 0.1) is 12.6 Å². The van der Waals surface area contributed by atoms with Gasteiger partial charge in [-0.1, -0.05) is 36.4 Å². The lowest BCUT2D eigenvalue weighted by atomic mass is 10.1. The molecule has 3 amide bonds. The van der Waals surface area contributed by atoms with Gasteiger partial charge in [-0.15, -0.1) is 0 Å². The van der Waals surface area contributed by atoms with Gasteiger partial charge in [-0.2, -0.15) is 0 Å². The van der Waals surface area contributed by atoms with E-state index in [4.69, 9.17) is 0 Å². The van der Waals surface area contributed by atoms with Gasteiger partial charge in [-0.3, -0.25) is 14.4 Å². The molecule has 3 aromatic carbocycles. The second-order valence-corrected chi connectivity index (χ2v) is 9.37. The summed E-state index contributed by atoms with van der Waals surface area (Å²) in [5.41, 5.74) is 2.94. The molecule has 3 rings (SSSR count). The smallest absolute Gasteiger partial charge is 0.251 e. The Labute approximate surface area is 206 Å². The molecule has 0 bridgehead atoms. The zero-order valence-electron chi connectivity index (χ0n) is 20.5. The van der Waals surface area contributed by atoms with Crippen LogP contribution in [0.5, 0.6) is 0 Å². The Hall–Kier alpha value is -4.13. The van der Waals surface area contributed by atoms with Crippen molar-refractivity contribution in [2.24, 2.45) is 0 Å². The highest BCUT2D eigenvalue weighted by atomic mass is 16.2. The molecule has 0 radical (unpaired) electrons. The Morgan fingerprint density at radius 3 is 2.11 bits per heavy atom. The largest absolute Gasteiger partial charge is 0.376 e. The molecule has 0 aliphatic heterocycles. The minimum absolute atomic E-state index is 0.0367. The number of carbonyl (C=O) groups excluding carboxylic acids is 3. The minimum atomic E-state index is -0.351. The van der Waals surface area contributed by atoms with Crippen molar-refractivity contribution in [2.45, 2.75) is 39.3 Å². The van der Waals surface area contributed by atoms with Crippen LogP contribution in [0.3, 0.4) is 0 Å². The third-order valence-corrected chi connectivity index (χ3v) is 5.14.